The Hall–Kier alpha value is -3.24. The number of aliphatic hydroxyl groups excluding tert-OH is 1. The molecule has 0 amide bonds. The molecule has 36 heavy (non-hydrogen) atoms. The molecule has 2 aliphatic heterocycles. The summed E-state index contributed by atoms with van der Waals surface area (Å²) in [6.45, 7) is 5.82. The lowest BCUT2D eigenvalue weighted by molar-refractivity contribution is -0.210. The number of para-hydroxylation sites is 1. The van der Waals surface area contributed by atoms with Crippen molar-refractivity contribution in [2.24, 2.45) is 5.92 Å². The van der Waals surface area contributed by atoms with E-state index in [1.165, 1.54) is 0 Å². The summed E-state index contributed by atoms with van der Waals surface area (Å²) < 4.78 is 40.3. The Morgan fingerprint density at radius 1 is 1.22 bits per heavy atom. The minimum Gasteiger partial charge on any atom is -0.382 e. The molecule has 0 aliphatic carbocycles. The number of fused-ring (bicyclic) bond motifs is 3. The number of aliphatic hydroxyl groups is 1. The van der Waals surface area contributed by atoms with Crippen LogP contribution in [-0.4, -0.2) is 66.1 Å². The van der Waals surface area contributed by atoms with E-state index in [4.69, 9.17) is 0 Å². The molecular weight excluding hydrogens is 469 g/mol. The van der Waals surface area contributed by atoms with Gasteiger partial charge in [-0.25, -0.2) is 4.68 Å². The topological polar surface area (TPSA) is 82.9 Å². The zero-order valence-corrected chi connectivity index (χ0v) is 20.0. The number of aromatic nitrogens is 5. The molecule has 3 atom stereocenters. The zero-order valence-electron chi connectivity index (χ0n) is 20.0. The number of allylic oxidation sites excluding steroid dienone is 5. The van der Waals surface area contributed by atoms with Gasteiger partial charge in [0.2, 0.25) is 0 Å². The van der Waals surface area contributed by atoms with Crippen LogP contribution in [0.3, 0.4) is 0 Å². The van der Waals surface area contributed by atoms with Crippen LogP contribution in [0.25, 0.3) is 28.0 Å². The first-order valence-electron chi connectivity index (χ1n) is 12.1. The van der Waals surface area contributed by atoms with Gasteiger partial charge in [0, 0.05) is 24.0 Å². The predicted octanol–water partition coefficient (Wildman–Crippen LogP) is 4.96. The van der Waals surface area contributed by atoms with E-state index in [0.29, 0.717) is 5.69 Å². The number of benzene rings is 1. The van der Waals surface area contributed by atoms with Crippen LogP contribution in [0.15, 0.2) is 60.8 Å². The second kappa shape index (κ2) is 9.67. The Balaban J connectivity index is 1.24. The molecule has 2 aliphatic rings. The van der Waals surface area contributed by atoms with Gasteiger partial charge in [-0.2, -0.15) is 18.3 Å². The number of nitrogens with zero attached hydrogens (tertiary/aromatic N) is 5. The number of hydrogen-bond acceptors (Lipinski definition) is 5. The van der Waals surface area contributed by atoms with Crippen molar-refractivity contribution in [3.63, 3.8) is 0 Å². The van der Waals surface area contributed by atoms with E-state index in [0.717, 1.165) is 53.6 Å². The van der Waals surface area contributed by atoms with Crippen LogP contribution in [0.1, 0.15) is 32.6 Å². The maximum atomic E-state index is 12.9. The first-order valence-corrected chi connectivity index (χ1v) is 12.1. The summed E-state index contributed by atoms with van der Waals surface area (Å²) in [7, 11) is 0. The van der Waals surface area contributed by atoms with Gasteiger partial charge in [-0.1, -0.05) is 47.7 Å². The van der Waals surface area contributed by atoms with Gasteiger partial charge >= 0.3 is 6.18 Å². The lowest BCUT2D eigenvalue weighted by Crippen LogP contribution is -2.49. The van der Waals surface area contributed by atoms with Crippen molar-refractivity contribution in [2.75, 3.05) is 6.54 Å². The van der Waals surface area contributed by atoms with Crippen molar-refractivity contribution in [2.45, 2.75) is 57.0 Å². The SMILES string of the molecule is C=C(/C=C\C(=C/C)n1cc(-c2n[nH]c3ccccc23)nn1)C1CC2CCC(C1)N2CC(O)C(F)(F)F. The first-order chi connectivity index (χ1) is 17.2. The van der Waals surface area contributed by atoms with Crippen molar-refractivity contribution in [1.29, 1.82) is 0 Å². The van der Waals surface area contributed by atoms with Crippen molar-refractivity contribution in [1.82, 2.24) is 30.1 Å². The van der Waals surface area contributed by atoms with Gasteiger partial charge in [0.15, 0.2) is 6.10 Å². The predicted molar refractivity (Wildman–Crippen MR) is 132 cm³/mol. The van der Waals surface area contributed by atoms with E-state index in [-0.39, 0.29) is 24.5 Å². The van der Waals surface area contributed by atoms with Crippen LogP contribution < -0.4 is 0 Å². The summed E-state index contributed by atoms with van der Waals surface area (Å²) in [6.07, 6.45) is 3.96. The van der Waals surface area contributed by atoms with Crippen LogP contribution in [0.2, 0.25) is 0 Å². The number of aromatic amines is 1. The maximum Gasteiger partial charge on any atom is 0.415 e. The molecule has 3 aromatic rings. The highest BCUT2D eigenvalue weighted by molar-refractivity contribution is 5.91. The third-order valence-electron chi connectivity index (χ3n) is 7.41. The van der Waals surface area contributed by atoms with Crippen LogP contribution in [0.4, 0.5) is 13.2 Å². The molecule has 4 heterocycles. The van der Waals surface area contributed by atoms with Gasteiger partial charge in [-0.3, -0.25) is 10.00 Å². The number of alkyl halides is 3. The summed E-state index contributed by atoms with van der Waals surface area (Å²) in [5, 5.41) is 26.5. The molecule has 0 spiro atoms. The molecule has 2 fully saturated rings. The molecule has 3 unspecified atom stereocenters. The van der Waals surface area contributed by atoms with Gasteiger partial charge in [-0.15, -0.1) is 5.10 Å². The highest BCUT2D eigenvalue weighted by atomic mass is 19.4. The first kappa shape index (κ1) is 24.5. The smallest absolute Gasteiger partial charge is 0.382 e. The number of halogens is 3. The van der Waals surface area contributed by atoms with Crippen molar-refractivity contribution < 1.29 is 18.3 Å². The Kier molecular flexibility index (Phi) is 6.57. The van der Waals surface area contributed by atoms with Gasteiger partial charge in [0.25, 0.3) is 0 Å². The Labute approximate surface area is 207 Å². The second-order valence-electron chi connectivity index (χ2n) is 9.60. The van der Waals surface area contributed by atoms with Crippen LogP contribution in [0, 0.1) is 5.92 Å². The molecule has 1 aromatic carbocycles. The zero-order chi connectivity index (χ0) is 25.4. The van der Waals surface area contributed by atoms with Crippen LogP contribution in [-0.2, 0) is 0 Å². The van der Waals surface area contributed by atoms with E-state index in [1.807, 2.05) is 60.5 Å². The standard InChI is InChI=1S/C26H29F3N6O/c1-3-18(35-14-23(31-33-35)25-21-6-4-5-7-22(21)30-32-25)9-8-16(2)17-12-19-10-11-20(13-17)34(19)15-24(36)26(27,28)29/h3-9,14,17,19-20,24,36H,2,10-13,15H2,1H3,(H,30,32)/b9-8-,18-3+. The molecule has 0 saturated carbocycles. The molecule has 190 valence electrons. The van der Waals surface area contributed by atoms with E-state index >= 15 is 0 Å². The lowest BCUT2D eigenvalue weighted by Gasteiger charge is -2.40. The van der Waals surface area contributed by atoms with Crippen LogP contribution >= 0.6 is 0 Å². The van der Waals surface area contributed by atoms with Crippen molar-refractivity contribution >= 4 is 16.6 Å². The minimum atomic E-state index is -4.59. The quantitative estimate of drug-likeness (QED) is 0.450. The van der Waals surface area contributed by atoms with E-state index in [9.17, 15) is 18.3 Å². The molecule has 10 heteroatoms. The van der Waals surface area contributed by atoms with E-state index in [2.05, 4.69) is 27.1 Å². The highest BCUT2D eigenvalue weighted by Gasteiger charge is 2.46. The molecule has 2 aromatic heterocycles. The third-order valence-corrected chi connectivity index (χ3v) is 7.41. The van der Waals surface area contributed by atoms with E-state index in [1.54, 1.807) is 4.68 Å². The summed E-state index contributed by atoms with van der Waals surface area (Å²) in [5.74, 6) is 0.192. The number of hydrogen-bond donors (Lipinski definition) is 2. The summed E-state index contributed by atoms with van der Waals surface area (Å²) >= 11 is 0. The molecule has 2 bridgehead atoms. The molecule has 0 radical (unpaired) electrons. The Bertz CT molecular complexity index is 1290. The fourth-order valence-corrected chi connectivity index (χ4v) is 5.47. The Morgan fingerprint density at radius 2 is 1.94 bits per heavy atom. The van der Waals surface area contributed by atoms with Gasteiger partial charge < -0.3 is 5.11 Å². The fraction of sp³-hybridized carbons (Fsp3) is 0.423. The second-order valence-corrected chi connectivity index (χ2v) is 9.60. The Morgan fingerprint density at radius 3 is 2.64 bits per heavy atom. The number of rotatable bonds is 7. The monoisotopic (exact) mass is 498 g/mol. The molecule has 7 nitrogen and oxygen atoms in total. The average molecular weight is 499 g/mol. The number of piperidine rings is 1. The minimum absolute atomic E-state index is 0.0404. The molecule has 2 N–H and O–H groups in total. The summed E-state index contributed by atoms with van der Waals surface area (Å²) in [5.41, 5.74) is 4.09. The highest BCUT2D eigenvalue weighted by Crippen LogP contribution is 2.42. The lowest BCUT2D eigenvalue weighted by atomic mass is 9.85. The summed E-state index contributed by atoms with van der Waals surface area (Å²) in [4.78, 5) is 1.85. The van der Waals surface area contributed by atoms with Gasteiger partial charge in [0.1, 0.15) is 11.4 Å². The maximum absolute atomic E-state index is 12.9. The van der Waals surface area contributed by atoms with E-state index < -0.39 is 12.3 Å². The fourth-order valence-electron chi connectivity index (χ4n) is 5.47. The number of nitrogens with one attached hydrogen (secondary N) is 1. The number of H-pyrrole nitrogens is 1. The van der Waals surface area contributed by atoms with Crippen LogP contribution in [0.5, 0.6) is 0 Å². The van der Waals surface area contributed by atoms with Crippen molar-refractivity contribution in [3.05, 3.63) is 60.8 Å². The van der Waals surface area contributed by atoms with Gasteiger partial charge in [-0.05, 0) is 50.7 Å². The largest absolute Gasteiger partial charge is 0.415 e. The molecule has 2 saturated heterocycles. The molecule has 5 rings (SSSR count). The van der Waals surface area contributed by atoms with Crippen molar-refractivity contribution in [3.8, 4) is 11.4 Å². The molecular formula is C26H29F3N6O. The van der Waals surface area contributed by atoms with Gasteiger partial charge in [0.05, 0.1) is 17.4 Å². The summed E-state index contributed by atoms with van der Waals surface area (Å²) in [6, 6.07) is 7.91. The third kappa shape index (κ3) is 4.75. The average Bonchev–Trinajstić information content (AvgIpc) is 3.55. The normalized spacial score (nSPS) is 24.1.